The summed E-state index contributed by atoms with van der Waals surface area (Å²) in [4.78, 5) is 145. The van der Waals surface area contributed by atoms with Crippen molar-refractivity contribution in [1.29, 1.82) is 0 Å². The number of aliphatic imine (C=N–C) groups is 1. The number of hydrogen-bond acceptors (Lipinski definition) is 16. The third-order valence-electron chi connectivity index (χ3n) is 12.5. The van der Waals surface area contributed by atoms with Gasteiger partial charge in [0.25, 0.3) is 0 Å². The number of aromatic nitrogens is 2. The van der Waals surface area contributed by atoms with E-state index in [0.717, 1.165) is 24.3 Å². The van der Waals surface area contributed by atoms with Crippen LogP contribution in [0.2, 0.25) is 0 Å². The van der Waals surface area contributed by atoms with Gasteiger partial charge in [-0.3, -0.25) is 48.1 Å². The maximum absolute atomic E-state index is 14.2. The SMILES string of the molecule is CCC(C)[C@H](NC(=O)CN(CCN)C(=O)CNC(=O)[C@@H](NC(=O)[C@@H](NC(=O)[C@H](Cc1cnc[nH]1)NC(=O)[C@H](CCc1ccccc1)NC(=O)[C@H](C)NC(=O)[C@@H](N)CCCN=C(N)N)[C@@H](C)O)[C@@H](C)O)C(=O)N[C@@H](C(=O)O)C(C)C. The molecule has 11 atom stereocenters. The summed E-state index contributed by atoms with van der Waals surface area (Å²) in [6.45, 7) is 8.83. The fourth-order valence-electron chi connectivity index (χ4n) is 7.65. The first kappa shape index (κ1) is 67.3. The van der Waals surface area contributed by atoms with Gasteiger partial charge in [0.2, 0.25) is 53.2 Å². The molecule has 0 bridgehead atoms. The van der Waals surface area contributed by atoms with Crippen LogP contribution in [-0.4, -0.2) is 189 Å². The maximum atomic E-state index is 14.2. The second-order valence-corrected chi connectivity index (χ2v) is 19.5. The van der Waals surface area contributed by atoms with Crippen LogP contribution in [0.4, 0.5) is 0 Å². The number of aliphatic hydroxyl groups excluding tert-OH is 2. The number of amides is 9. The van der Waals surface area contributed by atoms with Gasteiger partial charge < -0.3 is 90.7 Å². The van der Waals surface area contributed by atoms with Crippen molar-refractivity contribution in [2.45, 2.75) is 148 Å². The zero-order valence-corrected chi connectivity index (χ0v) is 45.8. The summed E-state index contributed by atoms with van der Waals surface area (Å²) >= 11 is 0. The molecule has 0 aliphatic rings. The topological polar surface area (TPSA) is 476 Å². The molecule has 2 rings (SSSR count). The van der Waals surface area contributed by atoms with Crippen LogP contribution in [-0.2, 0) is 60.8 Å². The predicted octanol–water partition coefficient (Wildman–Crippen LogP) is -5.17. The largest absolute Gasteiger partial charge is 0.480 e. The van der Waals surface area contributed by atoms with Gasteiger partial charge in [-0.2, -0.15) is 0 Å². The molecular formula is C50H82N16O13. The first-order valence-corrected chi connectivity index (χ1v) is 26.0. The van der Waals surface area contributed by atoms with E-state index in [0.29, 0.717) is 18.5 Å². The van der Waals surface area contributed by atoms with E-state index in [1.807, 2.05) is 12.1 Å². The van der Waals surface area contributed by atoms with Gasteiger partial charge in [0.05, 0.1) is 37.7 Å². The Hall–Kier alpha value is -7.76. The number of guanidine groups is 1. The summed E-state index contributed by atoms with van der Waals surface area (Å²) in [5, 5.41) is 50.8. The molecule has 1 aromatic heterocycles. The molecule has 0 saturated carbocycles. The van der Waals surface area contributed by atoms with Gasteiger partial charge >= 0.3 is 5.97 Å². The van der Waals surface area contributed by atoms with Crippen molar-refractivity contribution in [3.05, 3.63) is 54.1 Å². The number of nitrogens with zero attached hydrogens (tertiary/aromatic N) is 3. The van der Waals surface area contributed by atoms with Crippen LogP contribution in [0.1, 0.15) is 85.4 Å². The molecule has 440 valence electrons. The summed E-state index contributed by atoms with van der Waals surface area (Å²) < 4.78 is 0. The highest BCUT2D eigenvalue weighted by Crippen LogP contribution is 2.12. The Morgan fingerprint density at radius 2 is 1.29 bits per heavy atom. The Morgan fingerprint density at radius 3 is 1.85 bits per heavy atom. The Morgan fingerprint density at radius 1 is 0.709 bits per heavy atom. The molecular weight excluding hydrogens is 1030 g/mol. The highest BCUT2D eigenvalue weighted by atomic mass is 16.4. The van der Waals surface area contributed by atoms with Crippen molar-refractivity contribution in [2.75, 3.05) is 32.7 Å². The molecule has 0 aliphatic heterocycles. The zero-order valence-electron chi connectivity index (χ0n) is 45.8. The lowest BCUT2D eigenvalue weighted by atomic mass is 9.96. The van der Waals surface area contributed by atoms with Crippen LogP contribution in [0.15, 0.2) is 47.8 Å². The van der Waals surface area contributed by atoms with Gasteiger partial charge in [-0.25, -0.2) is 9.78 Å². The molecule has 0 aliphatic carbocycles. The fourth-order valence-corrected chi connectivity index (χ4v) is 7.65. The standard InChI is InChI=1S/C50H82N16O13/c1-8-27(4)39(47(76)63-38(26(2)3)49(78)79)62-36(69)24-66(20-18-51)37(70)23-57-46(75)40(29(6)67)65-48(77)41(30(7)68)64-45(74)35(21-32-22-55-25-58-32)61-44(73)34(17-16-31-13-10-9-11-14-31)60-42(71)28(5)59-43(72)33(52)15-12-19-56-50(53)54/h9-11,13-14,22,25-30,33-35,38-41,67-68H,8,12,15-21,23-24,51-52H2,1-7H3,(H,55,58)(H,57,75)(H,59,72)(H,60,71)(H,61,73)(H,62,69)(H,63,76)(H,64,74)(H,65,77)(H,78,79)(H4,53,54,56)/t27?,28-,29+,30+,33-,34-,35-,38+,39-,40-,41-/m0/s1. The van der Waals surface area contributed by atoms with Gasteiger partial charge in [0, 0.05) is 37.9 Å². The zero-order chi connectivity index (χ0) is 59.5. The number of carboxylic acid groups (broad SMARTS) is 1. The average Bonchev–Trinajstić information content (AvgIpc) is 3.91. The van der Waals surface area contributed by atoms with E-state index in [1.54, 1.807) is 45.9 Å². The van der Waals surface area contributed by atoms with Gasteiger partial charge in [-0.05, 0) is 63.9 Å². The molecule has 29 heteroatoms. The van der Waals surface area contributed by atoms with E-state index >= 15 is 0 Å². The minimum absolute atomic E-state index is 0.00784. The molecule has 20 N–H and O–H groups in total. The Balaban J connectivity index is 2.27. The van der Waals surface area contributed by atoms with Crippen molar-refractivity contribution in [3.8, 4) is 0 Å². The van der Waals surface area contributed by atoms with Crippen molar-refractivity contribution >= 4 is 65.1 Å². The van der Waals surface area contributed by atoms with Gasteiger partial charge in [-0.15, -0.1) is 0 Å². The van der Waals surface area contributed by atoms with Crippen LogP contribution < -0.4 is 65.5 Å². The number of rotatable bonds is 35. The molecule has 0 radical (unpaired) electrons. The van der Waals surface area contributed by atoms with Crippen LogP contribution >= 0.6 is 0 Å². The predicted molar refractivity (Wildman–Crippen MR) is 288 cm³/mol. The normalized spacial score (nSPS) is 15.3. The number of aliphatic carboxylic acids is 1. The number of aromatic amines is 1. The number of benzene rings is 1. The van der Waals surface area contributed by atoms with Crippen molar-refractivity contribution < 1.29 is 63.3 Å². The summed E-state index contributed by atoms with van der Waals surface area (Å²) in [5.41, 5.74) is 23.6. The second-order valence-electron chi connectivity index (χ2n) is 19.5. The number of imidazole rings is 1. The Kier molecular flexibility index (Phi) is 29.1. The highest BCUT2D eigenvalue weighted by Gasteiger charge is 2.37. The minimum atomic E-state index is -1.83. The molecule has 0 fully saturated rings. The van der Waals surface area contributed by atoms with E-state index in [2.05, 4.69) is 57.5 Å². The molecule has 1 aromatic carbocycles. The lowest BCUT2D eigenvalue weighted by Crippen LogP contribution is -2.62. The number of hydrogen-bond donors (Lipinski definition) is 16. The Labute approximate surface area is 458 Å². The number of aryl methyl sites for hydroxylation is 1. The first-order chi connectivity index (χ1) is 37.2. The molecule has 29 nitrogen and oxygen atoms in total. The van der Waals surface area contributed by atoms with Crippen LogP contribution in [0.5, 0.6) is 0 Å². The van der Waals surface area contributed by atoms with Crippen LogP contribution in [0.25, 0.3) is 0 Å². The average molecular weight is 1120 g/mol. The quantitative estimate of drug-likeness (QED) is 0.0174. The fraction of sp³-hybridized carbons (Fsp3) is 0.600. The Bertz CT molecular complexity index is 2350. The van der Waals surface area contributed by atoms with Crippen LogP contribution in [0, 0.1) is 11.8 Å². The van der Waals surface area contributed by atoms with Crippen molar-refractivity contribution in [1.82, 2.24) is 57.4 Å². The van der Waals surface area contributed by atoms with E-state index in [9.17, 15) is 63.3 Å². The van der Waals surface area contributed by atoms with E-state index < -0.39 is 145 Å². The lowest BCUT2D eigenvalue weighted by molar-refractivity contribution is -0.144. The number of carbonyl (C=O) groups excluding carboxylic acids is 9. The number of aliphatic hydroxyl groups is 2. The van der Waals surface area contributed by atoms with E-state index in [-0.39, 0.29) is 51.3 Å². The minimum Gasteiger partial charge on any atom is -0.480 e. The number of carbonyl (C=O) groups is 10. The van der Waals surface area contributed by atoms with Gasteiger partial charge in [0.1, 0.15) is 42.3 Å². The van der Waals surface area contributed by atoms with E-state index in [1.165, 1.54) is 19.4 Å². The van der Waals surface area contributed by atoms with E-state index in [4.69, 9.17) is 22.9 Å². The third kappa shape index (κ3) is 23.8. The number of carboxylic acids is 1. The lowest BCUT2D eigenvalue weighted by Gasteiger charge is -2.29. The molecule has 0 saturated heterocycles. The summed E-state index contributed by atoms with van der Waals surface area (Å²) in [7, 11) is 0. The third-order valence-corrected chi connectivity index (χ3v) is 12.5. The molecule has 1 unspecified atom stereocenters. The van der Waals surface area contributed by atoms with Crippen LogP contribution in [0.3, 0.4) is 0 Å². The first-order valence-electron chi connectivity index (χ1n) is 26.0. The summed E-state index contributed by atoms with van der Waals surface area (Å²) in [5.74, 6) is -10.2. The smallest absolute Gasteiger partial charge is 0.326 e. The highest BCUT2D eigenvalue weighted by molar-refractivity contribution is 5.98. The molecule has 79 heavy (non-hydrogen) atoms. The summed E-state index contributed by atoms with van der Waals surface area (Å²) in [6.07, 6.45) is 0.394. The molecule has 2 aromatic rings. The number of nitrogens with one attached hydrogen (secondary N) is 9. The number of H-pyrrole nitrogens is 1. The van der Waals surface area contributed by atoms with Crippen molar-refractivity contribution in [2.24, 2.45) is 39.8 Å². The van der Waals surface area contributed by atoms with Gasteiger partial charge in [0.15, 0.2) is 5.96 Å². The molecule has 1 heterocycles. The summed E-state index contributed by atoms with van der Waals surface area (Å²) in [6, 6.07) is -2.08. The maximum Gasteiger partial charge on any atom is 0.326 e. The monoisotopic (exact) mass is 1110 g/mol. The molecule has 9 amide bonds. The number of nitrogens with two attached hydrogens (primary N) is 4. The molecule has 0 spiro atoms. The van der Waals surface area contributed by atoms with Crippen molar-refractivity contribution in [3.63, 3.8) is 0 Å². The second kappa shape index (κ2) is 34.2. The van der Waals surface area contributed by atoms with Gasteiger partial charge in [-0.1, -0.05) is 64.4 Å².